The lowest BCUT2D eigenvalue weighted by Gasteiger charge is -2.07. The summed E-state index contributed by atoms with van der Waals surface area (Å²) in [5.41, 5.74) is 6.30. The van der Waals surface area contributed by atoms with Crippen molar-refractivity contribution in [3.8, 4) is 5.75 Å². The molecule has 2 N–H and O–H groups in total. The van der Waals surface area contributed by atoms with Crippen LogP contribution in [0.15, 0.2) is 18.3 Å². The van der Waals surface area contributed by atoms with Gasteiger partial charge in [-0.3, -0.25) is 4.98 Å². The van der Waals surface area contributed by atoms with E-state index in [0.717, 1.165) is 24.5 Å². The van der Waals surface area contributed by atoms with E-state index in [4.69, 9.17) is 10.5 Å². The highest BCUT2D eigenvalue weighted by molar-refractivity contribution is 5.26. The largest absolute Gasteiger partial charge is 0.492 e. The van der Waals surface area contributed by atoms with E-state index in [1.54, 1.807) is 6.20 Å². The minimum Gasteiger partial charge on any atom is -0.492 e. The zero-order chi connectivity index (χ0) is 8.81. The Morgan fingerprint density at radius 2 is 2.42 bits per heavy atom. The Balaban J connectivity index is 2.68. The fourth-order valence-corrected chi connectivity index (χ4v) is 0.920. The zero-order valence-corrected chi connectivity index (χ0v) is 7.29. The summed E-state index contributed by atoms with van der Waals surface area (Å²) < 4.78 is 5.43. The van der Waals surface area contributed by atoms with Crippen molar-refractivity contribution >= 4 is 0 Å². The Morgan fingerprint density at radius 3 is 3.08 bits per heavy atom. The molecule has 0 aliphatic heterocycles. The summed E-state index contributed by atoms with van der Waals surface area (Å²) >= 11 is 0. The quantitative estimate of drug-likeness (QED) is 0.734. The Labute approximate surface area is 72.6 Å². The first-order valence-corrected chi connectivity index (χ1v) is 4.15. The molecular formula is C9H14N2O. The van der Waals surface area contributed by atoms with Crippen LogP contribution in [0.1, 0.15) is 19.0 Å². The van der Waals surface area contributed by atoms with Gasteiger partial charge in [0.05, 0.1) is 12.3 Å². The number of hydrogen-bond donors (Lipinski definition) is 1. The molecule has 0 aliphatic rings. The van der Waals surface area contributed by atoms with Gasteiger partial charge in [-0.05, 0) is 18.6 Å². The first kappa shape index (κ1) is 9.00. The smallest absolute Gasteiger partial charge is 0.142 e. The van der Waals surface area contributed by atoms with Crippen LogP contribution in [0.5, 0.6) is 5.75 Å². The average Bonchev–Trinajstić information content (AvgIpc) is 2.15. The van der Waals surface area contributed by atoms with Crippen molar-refractivity contribution in [2.45, 2.75) is 19.9 Å². The van der Waals surface area contributed by atoms with Crippen LogP contribution < -0.4 is 10.5 Å². The topological polar surface area (TPSA) is 48.1 Å². The van der Waals surface area contributed by atoms with Crippen molar-refractivity contribution in [1.29, 1.82) is 0 Å². The van der Waals surface area contributed by atoms with Crippen LogP contribution in [-0.4, -0.2) is 11.6 Å². The average molecular weight is 166 g/mol. The molecule has 0 aromatic carbocycles. The van der Waals surface area contributed by atoms with E-state index in [-0.39, 0.29) is 0 Å². The summed E-state index contributed by atoms with van der Waals surface area (Å²) in [7, 11) is 0. The van der Waals surface area contributed by atoms with Gasteiger partial charge in [0.2, 0.25) is 0 Å². The molecule has 66 valence electrons. The maximum Gasteiger partial charge on any atom is 0.142 e. The molecule has 0 saturated carbocycles. The van der Waals surface area contributed by atoms with Crippen molar-refractivity contribution in [3.05, 3.63) is 24.0 Å². The maximum atomic E-state index is 5.48. The number of ether oxygens (including phenoxy) is 1. The lowest BCUT2D eigenvalue weighted by molar-refractivity contribution is 0.312. The lowest BCUT2D eigenvalue weighted by atomic mass is 10.3. The van der Waals surface area contributed by atoms with Crippen LogP contribution in [-0.2, 0) is 6.54 Å². The Hall–Kier alpha value is -1.09. The van der Waals surface area contributed by atoms with Crippen LogP contribution in [0.2, 0.25) is 0 Å². The van der Waals surface area contributed by atoms with Gasteiger partial charge in [0.15, 0.2) is 0 Å². The molecule has 0 radical (unpaired) electrons. The number of nitrogens with two attached hydrogens (primary N) is 1. The van der Waals surface area contributed by atoms with Gasteiger partial charge >= 0.3 is 0 Å². The highest BCUT2D eigenvalue weighted by Crippen LogP contribution is 2.14. The normalized spacial score (nSPS) is 9.83. The second-order valence-corrected chi connectivity index (χ2v) is 2.50. The molecule has 0 atom stereocenters. The summed E-state index contributed by atoms with van der Waals surface area (Å²) in [5, 5.41) is 0. The molecule has 0 aliphatic carbocycles. The second-order valence-electron chi connectivity index (χ2n) is 2.50. The Morgan fingerprint density at radius 1 is 1.58 bits per heavy atom. The van der Waals surface area contributed by atoms with E-state index in [0.29, 0.717) is 6.54 Å². The Bertz CT molecular complexity index is 238. The molecular weight excluding hydrogens is 152 g/mol. The zero-order valence-electron chi connectivity index (χ0n) is 7.29. The fraction of sp³-hybridized carbons (Fsp3) is 0.444. The molecule has 1 aromatic heterocycles. The number of pyridine rings is 1. The highest BCUT2D eigenvalue weighted by atomic mass is 16.5. The van der Waals surface area contributed by atoms with Gasteiger partial charge in [-0.1, -0.05) is 6.92 Å². The third-order valence-electron chi connectivity index (χ3n) is 1.50. The number of aromatic nitrogens is 1. The van der Waals surface area contributed by atoms with E-state index >= 15 is 0 Å². The van der Waals surface area contributed by atoms with E-state index < -0.39 is 0 Å². The molecule has 0 amide bonds. The highest BCUT2D eigenvalue weighted by Gasteiger charge is 2.00. The van der Waals surface area contributed by atoms with Gasteiger partial charge < -0.3 is 10.5 Å². The van der Waals surface area contributed by atoms with Gasteiger partial charge in [0.1, 0.15) is 5.75 Å². The summed E-state index contributed by atoms with van der Waals surface area (Å²) in [4.78, 5) is 4.10. The molecule has 3 nitrogen and oxygen atoms in total. The van der Waals surface area contributed by atoms with E-state index in [9.17, 15) is 0 Å². The van der Waals surface area contributed by atoms with Gasteiger partial charge in [0.25, 0.3) is 0 Å². The first-order chi connectivity index (χ1) is 5.88. The van der Waals surface area contributed by atoms with Crippen LogP contribution in [0, 0.1) is 0 Å². The lowest BCUT2D eigenvalue weighted by Crippen LogP contribution is -2.04. The summed E-state index contributed by atoms with van der Waals surface area (Å²) in [6.07, 6.45) is 2.72. The first-order valence-electron chi connectivity index (χ1n) is 4.15. The summed E-state index contributed by atoms with van der Waals surface area (Å²) in [5.74, 6) is 0.807. The fourth-order valence-electron chi connectivity index (χ4n) is 0.920. The van der Waals surface area contributed by atoms with Gasteiger partial charge in [0, 0.05) is 12.7 Å². The van der Waals surface area contributed by atoms with E-state index in [1.807, 2.05) is 12.1 Å². The van der Waals surface area contributed by atoms with Crippen molar-refractivity contribution in [3.63, 3.8) is 0 Å². The van der Waals surface area contributed by atoms with Crippen molar-refractivity contribution in [2.75, 3.05) is 6.61 Å². The number of nitrogens with zero attached hydrogens (tertiary/aromatic N) is 1. The van der Waals surface area contributed by atoms with Gasteiger partial charge in [-0.2, -0.15) is 0 Å². The van der Waals surface area contributed by atoms with Crippen LogP contribution in [0.4, 0.5) is 0 Å². The van der Waals surface area contributed by atoms with Crippen LogP contribution in [0.25, 0.3) is 0 Å². The SMILES string of the molecule is CCCOc1cccnc1CN. The van der Waals surface area contributed by atoms with Gasteiger partial charge in [-0.25, -0.2) is 0 Å². The third kappa shape index (κ3) is 2.20. The molecule has 0 spiro atoms. The van der Waals surface area contributed by atoms with E-state index in [1.165, 1.54) is 0 Å². The molecule has 0 unspecified atom stereocenters. The van der Waals surface area contributed by atoms with Crippen molar-refractivity contribution in [2.24, 2.45) is 5.73 Å². The van der Waals surface area contributed by atoms with Crippen LogP contribution >= 0.6 is 0 Å². The molecule has 0 saturated heterocycles. The minimum absolute atomic E-state index is 0.430. The molecule has 0 fully saturated rings. The standard InChI is InChI=1S/C9H14N2O/c1-2-6-12-9-4-3-5-11-8(9)7-10/h3-5H,2,6-7,10H2,1H3. The Kier molecular flexibility index (Phi) is 3.54. The van der Waals surface area contributed by atoms with Gasteiger partial charge in [-0.15, -0.1) is 0 Å². The molecule has 1 rings (SSSR count). The monoisotopic (exact) mass is 166 g/mol. The molecule has 0 bridgehead atoms. The second kappa shape index (κ2) is 4.72. The third-order valence-corrected chi connectivity index (χ3v) is 1.50. The molecule has 3 heteroatoms. The molecule has 1 aromatic rings. The molecule has 1 heterocycles. The van der Waals surface area contributed by atoms with Crippen LogP contribution in [0.3, 0.4) is 0 Å². The van der Waals surface area contributed by atoms with Crippen molar-refractivity contribution in [1.82, 2.24) is 4.98 Å². The van der Waals surface area contributed by atoms with Crippen molar-refractivity contribution < 1.29 is 4.74 Å². The summed E-state index contributed by atoms with van der Waals surface area (Å²) in [6.45, 7) is 3.22. The predicted molar refractivity (Wildman–Crippen MR) is 47.9 cm³/mol. The minimum atomic E-state index is 0.430. The number of hydrogen-bond acceptors (Lipinski definition) is 3. The number of rotatable bonds is 4. The predicted octanol–water partition coefficient (Wildman–Crippen LogP) is 1.33. The maximum absolute atomic E-state index is 5.48. The summed E-state index contributed by atoms with van der Waals surface area (Å²) in [6, 6.07) is 3.75. The van der Waals surface area contributed by atoms with E-state index in [2.05, 4.69) is 11.9 Å². The molecule has 12 heavy (non-hydrogen) atoms.